The van der Waals surface area contributed by atoms with E-state index in [4.69, 9.17) is 0 Å². The molecule has 21 heavy (non-hydrogen) atoms. The smallest absolute Gasteiger partial charge is 0.253 e. The summed E-state index contributed by atoms with van der Waals surface area (Å²) in [6, 6.07) is 13.6. The third kappa shape index (κ3) is 2.94. The van der Waals surface area contributed by atoms with Crippen LogP contribution in [0.3, 0.4) is 0 Å². The zero-order valence-corrected chi connectivity index (χ0v) is 11.9. The Hall–Kier alpha value is -2.62. The van der Waals surface area contributed by atoms with Crippen LogP contribution in [0.5, 0.6) is 0 Å². The minimum atomic E-state index is 0.0300. The molecular formula is C17H17N3O. The summed E-state index contributed by atoms with van der Waals surface area (Å²) in [5.74, 6) is 0.0300. The van der Waals surface area contributed by atoms with Gasteiger partial charge in [0, 0.05) is 49.2 Å². The van der Waals surface area contributed by atoms with E-state index >= 15 is 0 Å². The lowest BCUT2D eigenvalue weighted by Gasteiger charge is -2.17. The first-order valence-corrected chi connectivity index (χ1v) is 6.96. The van der Waals surface area contributed by atoms with Gasteiger partial charge in [0.15, 0.2) is 0 Å². The van der Waals surface area contributed by atoms with Crippen LogP contribution in [0.15, 0.2) is 54.9 Å². The monoisotopic (exact) mass is 279 g/mol. The first-order chi connectivity index (χ1) is 10.2. The highest BCUT2D eigenvalue weighted by Crippen LogP contribution is 2.15. The zero-order valence-electron chi connectivity index (χ0n) is 11.9. The fraction of sp³-hybridized carbons (Fsp3) is 0.176. The maximum atomic E-state index is 12.4. The lowest BCUT2D eigenvalue weighted by Crippen LogP contribution is -2.28. The van der Waals surface area contributed by atoms with Gasteiger partial charge in [-0.25, -0.2) is 0 Å². The second-order valence-corrected chi connectivity index (χ2v) is 5.08. The molecule has 0 aliphatic rings. The summed E-state index contributed by atoms with van der Waals surface area (Å²) >= 11 is 0. The Morgan fingerprint density at radius 3 is 2.95 bits per heavy atom. The minimum absolute atomic E-state index is 0.0300. The third-order valence-electron chi connectivity index (χ3n) is 3.58. The van der Waals surface area contributed by atoms with E-state index in [-0.39, 0.29) is 5.91 Å². The molecule has 2 heterocycles. The second-order valence-electron chi connectivity index (χ2n) is 5.08. The highest BCUT2D eigenvalue weighted by molar-refractivity contribution is 5.97. The maximum absolute atomic E-state index is 12.4. The summed E-state index contributed by atoms with van der Waals surface area (Å²) in [5.41, 5.74) is 2.68. The number of hydrogen-bond donors (Lipinski definition) is 1. The standard InChI is InChI=1S/C17H17N3O/c1-20(11-8-15-4-2-3-9-18-15)17(21)14-6-5-13-7-10-19-16(13)12-14/h2-7,9-10,12,19H,8,11H2,1H3. The topological polar surface area (TPSA) is 49.0 Å². The molecule has 1 N–H and O–H groups in total. The zero-order chi connectivity index (χ0) is 14.7. The van der Waals surface area contributed by atoms with Crippen LogP contribution in [0.2, 0.25) is 0 Å². The number of aromatic amines is 1. The number of likely N-dealkylation sites (N-methyl/N-ethyl adjacent to an activating group) is 1. The lowest BCUT2D eigenvalue weighted by molar-refractivity contribution is 0.0796. The van der Waals surface area contributed by atoms with Gasteiger partial charge in [-0.15, -0.1) is 0 Å². The molecular weight excluding hydrogens is 262 g/mol. The van der Waals surface area contributed by atoms with Crippen LogP contribution in [0.25, 0.3) is 10.9 Å². The van der Waals surface area contributed by atoms with E-state index in [9.17, 15) is 4.79 Å². The number of carbonyl (C=O) groups is 1. The van der Waals surface area contributed by atoms with Gasteiger partial charge in [0.2, 0.25) is 0 Å². The molecule has 106 valence electrons. The first kappa shape index (κ1) is 13.4. The van der Waals surface area contributed by atoms with Crippen molar-refractivity contribution in [3.05, 3.63) is 66.1 Å². The van der Waals surface area contributed by atoms with Crippen molar-refractivity contribution in [1.29, 1.82) is 0 Å². The van der Waals surface area contributed by atoms with Crippen LogP contribution in [-0.2, 0) is 6.42 Å². The Balaban J connectivity index is 1.69. The highest BCUT2D eigenvalue weighted by atomic mass is 16.2. The molecule has 3 rings (SSSR count). The number of benzene rings is 1. The van der Waals surface area contributed by atoms with Crippen molar-refractivity contribution in [2.45, 2.75) is 6.42 Å². The van der Waals surface area contributed by atoms with Crippen molar-refractivity contribution >= 4 is 16.8 Å². The average molecular weight is 279 g/mol. The van der Waals surface area contributed by atoms with Crippen LogP contribution in [0, 0.1) is 0 Å². The van der Waals surface area contributed by atoms with E-state index in [1.807, 2.05) is 55.7 Å². The quantitative estimate of drug-likeness (QED) is 0.798. The van der Waals surface area contributed by atoms with Crippen molar-refractivity contribution in [3.8, 4) is 0 Å². The van der Waals surface area contributed by atoms with E-state index in [0.717, 1.165) is 23.0 Å². The normalized spacial score (nSPS) is 10.7. The van der Waals surface area contributed by atoms with Gasteiger partial charge in [-0.2, -0.15) is 0 Å². The minimum Gasteiger partial charge on any atom is -0.361 e. The summed E-state index contributed by atoms with van der Waals surface area (Å²) in [5, 5.41) is 1.11. The largest absolute Gasteiger partial charge is 0.361 e. The Morgan fingerprint density at radius 1 is 1.24 bits per heavy atom. The van der Waals surface area contributed by atoms with Gasteiger partial charge in [0.25, 0.3) is 5.91 Å². The molecule has 0 saturated carbocycles. The predicted molar refractivity (Wildman–Crippen MR) is 83.2 cm³/mol. The molecule has 0 radical (unpaired) electrons. The predicted octanol–water partition coefficient (Wildman–Crippen LogP) is 2.88. The van der Waals surface area contributed by atoms with Gasteiger partial charge >= 0.3 is 0 Å². The van der Waals surface area contributed by atoms with Crippen molar-refractivity contribution in [3.63, 3.8) is 0 Å². The molecule has 0 aliphatic heterocycles. The fourth-order valence-corrected chi connectivity index (χ4v) is 2.33. The lowest BCUT2D eigenvalue weighted by atomic mass is 10.1. The maximum Gasteiger partial charge on any atom is 0.253 e. The third-order valence-corrected chi connectivity index (χ3v) is 3.58. The van der Waals surface area contributed by atoms with Crippen molar-refractivity contribution in [2.24, 2.45) is 0 Å². The van der Waals surface area contributed by atoms with E-state index in [1.54, 1.807) is 11.1 Å². The Bertz CT molecular complexity index is 749. The van der Waals surface area contributed by atoms with Crippen LogP contribution in [0.1, 0.15) is 16.1 Å². The SMILES string of the molecule is CN(CCc1ccccn1)C(=O)c1ccc2cc[nH]c2c1. The molecule has 4 nitrogen and oxygen atoms in total. The van der Waals surface area contributed by atoms with Crippen LogP contribution >= 0.6 is 0 Å². The molecule has 3 aromatic rings. The molecule has 0 saturated heterocycles. The number of fused-ring (bicyclic) bond motifs is 1. The molecule has 1 aromatic carbocycles. The van der Waals surface area contributed by atoms with Crippen LogP contribution < -0.4 is 0 Å². The number of hydrogen-bond acceptors (Lipinski definition) is 2. The number of rotatable bonds is 4. The fourth-order valence-electron chi connectivity index (χ4n) is 2.33. The molecule has 0 unspecified atom stereocenters. The number of H-pyrrole nitrogens is 1. The molecule has 1 amide bonds. The van der Waals surface area contributed by atoms with Gasteiger partial charge in [0.05, 0.1) is 0 Å². The summed E-state index contributed by atoms with van der Waals surface area (Å²) in [7, 11) is 1.82. The average Bonchev–Trinajstić information content (AvgIpc) is 3.00. The molecule has 4 heteroatoms. The molecule has 2 aromatic heterocycles. The van der Waals surface area contributed by atoms with E-state index in [0.29, 0.717) is 12.1 Å². The molecule has 0 atom stereocenters. The van der Waals surface area contributed by atoms with E-state index in [1.165, 1.54) is 0 Å². The molecule has 0 spiro atoms. The van der Waals surface area contributed by atoms with Crippen molar-refractivity contribution in [1.82, 2.24) is 14.9 Å². The van der Waals surface area contributed by atoms with Gasteiger partial charge in [-0.3, -0.25) is 9.78 Å². The molecule has 0 fully saturated rings. The van der Waals surface area contributed by atoms with Crippen molar-refractivity contribution < 1.29 is 4.79 Å². The molecule has 0 bridgehead atoms. The second kappa shape index (κ2) is 5.79. The summed E-state index contributed by atoms with van der Waals surface area (Å²) in [4.78, 5) is 21.6. The van der Waals surface area contributed by atoms with Crippen LogP contribution in [0.4, 0.5) is 0 Å². The summed E-state index contributed by atoms with van der Waals surface area (Å²) < 4.78 is 0. The number of aromatic nitrogens is 2. The van der Waals surface area contributed by atoms with Crippen molar-refractivity contribution in [2.75, 3.05) is 13.6 Å². The van der Waals surface area contributed by atoms with E-state index in [2.05, 4.69) is 9.97 Å². The van der Waals surface area contributed by atoms with Gasteiger partial charge in [-0.1, -0.05) is 12.1 Å². The number of amides is 1. The first-order valence-electron chi connectivity index (χ1n) is 6.96. The van der Waals surface area contributed by atoms with Crippen LogP contribution in [-0.4, -0.2) is 34.4 Å². The Kier molecular flexibility index (Phi) is 3.69. The Morgan fingerprint density at radius 2 is 2.14 bits per heavy atom. The number of pyridine rings is 1. The highest BCUT2D eigenvalue weighted by Gasteiger charge is 2.12. The summed E-state index contributed by atoms with van der Waals surface area (Å²) in [6.07, 6.45) is 4.41. The Labute approximate surface area is 123 Å². The number of nitrogens with zero attached hydrogens (tertiary/aromatic N) is 2. The summed E-state index contributed by atoms with van der Waals surface area (Å²) in [6.45, 7) is 0.651. The van der Waals surface area contributed by atoms with E-state index < -0.39 is 0 Å². The number of carbonyl (C=O) groups excluding carboxylic acids is 1. The van der Waals surface area contributed by atoms with Gasteiger partial charge in [-0.05, 0) is 35.7 Å². The van der Waals surface area contributed by atoms with Gasteiger partial charge < -0.3 is 9.88 Å². The number of nitrogens with one attached hydrogen (secondary N) is 1. The van der Waals surface area contributed by atoms with Gasteiger partial charge in [0.1, 0.15) is 0 Å². The molecule has 0 aliphatic carbocycles.